The molecule has 3 atom stereocenters. The second-order valence-corrected chi connectivity index (χ2v) is 13.3. The highest BCUT2D eigenvalue weighted by Crippen LogP contribution is 2.47. The van der Waals surface area contributed by atoms with E-state index in [1.807, 2.05) is 9.80 Å². The van der Waals surface area contributed by atoms with Gasteiger partial charge in [-0.3, -0.25) is 24.2 Å². The molecule has 3 heterocycles. The van der Waals surface area contributed by atoms with Crippen LogP contribution < -0.4 is 14.2 Å². The van der Waals surface area contributed by atoms with Gasteiger partial charge in [0.1, 0.15) is 0 Å². The van der Waals surface area contributed by atoms with Crippen molar-refractivity contribution in [3.63, 3.8) is 0 Å². The standard InChI is InChI=1S/C32H49N5O8/c1-7-8-12-34(13-9-16-37(3,4)5)28(39)20-36-19-23(22-17-25(43-6)30-26(18-22)44-21-45-30)29(31(40)41)24(36)10-14-35-15-11-27(38)33(2)32(35)42/h17-18,23-24,29H,7-16,19-21H2,1-6H3/p+1/t23-,24+,29-/m1/s1. The summed E-state index contributed by atoms with van der Waals surface area (Å²) in [5.41, 5.74) is 0.730. The molecule has 4 amide bonds. The molecule has 45 heavy (non-hydrogen) atoms. The van der Waals surface area contributed by atoms with E-state index in [4.69, 9.17) is 14.2 Å². The first-order valence-electron chi connectivity index (χ1n) is 15.9. The fourth-order valence-corrected chi connectivity index (χ4v) is 6.58. The molecule has 0 aliphatic carbocycles. The number of carbonyl (C=O) groups is 4. The summed E-state index contributed by atoms with van der Waals surface area (Å²) in [5, 5.41) is 10.6. The number of methoxy groups -OCH3 is 1. The molecule has 3 aliphatic rings. The molecule has 3 aliphatic heterocycles. The first-order chi connectivity index (χ1) is 21.3. The molecular weight excluding hydrogens is 582 g/mol. The highest BCUT2D eigenvalue weighted by molar-refractivity contribution is 5.96. The Hall–Kier alpha value is -3.58. The van der Waals surface area contributed by atoms with Crippen molar-refractivity contribution in [2.45, 2.75) is 51.0 Å². The van der Waals surface area contributed by atoms with Crippen molar-refractivity contribution in [2.75, 3.05) is 87.9 Å². The number of quaternary nitrogens is 1. The van der Waals surface area contributed by atoms with Gasteiger partial charge in [-0.1, -0.05) is 13.3 Å². The molecule has 250 valence electrons. The number of imide groups is 1. The van der Waals surface area contributed by atoms with Crippen LogP contribution in [0.1, 0.15) is 50.5 Å². The number of aliphatic carboxylic acids is 1. The van der Waals surface area contributed by atoms with Crippen LogP contribution in [0.3, 0.4) is 0 Å². The number of hydrogen-bond acceptors (Lipinski definition) is 8. The van der Waals surface area contributed by atoms with Gasteiger partial charge in [0, 0.05) is 64.6 Å². The van der Waals surface area contributed by atoms with E-state index in [2.05, 4.69) is 28.1 Å². The zero-order valence-electron chi connectivity index (χ0n) is 27.6. The lowest BCUT2D eigenvalue weighted by atomic mass is 9.84. The molecule has 0 bridgehead atoms. The molecule has 0 radical (unpaired) electrons. The molecule has 13 nitrogen and oxygen atoms in total. The summed E-state index contributed by atoms with van der Waals surface area (Å²) in [7, 11) is 9.38. The van der Waals surface area contributed by atoms with Crippen LogP contribution in [-0.4, -0.2) is 147 Å². The van der Waals surface area contributed by atoms with E-state index in [0.29, 0.717) is 43.3 Å². The van der Waals surface area contributed by atoms with Crippen LogP contribution in [0.15, 0.2) is 12.1 Å². The summed E-state index contributed by atoms with van der Waals surface area (Å²) >= 11 is 0. The molecule has 1 aromatic rings. The minimum atomic E-state index is -0.973. The molecule has 1 N–H and O–H groups in total. The summed E-state index contributed by atoms with van der Waals surface area (Å²) in [4.78, 5) is 58.4. The van der Waals surface area contributed by atoms with Crippen LogP contribution in [0, 0.1) is 5.92 Å². The van der Waals surface area contributed by atoms with Gasteiger partial charge in [0.2, 0.25) is 24.4 Å². The molecular formula is C32H50N5O8+. The van der Waals surface area contributed by atoms with Crippen molar-refractivity contribution in [1.82, 2.24) is 19.6 Å². The zero-order chi connectivity index (χ0) is 32.9. The van der Waals surface area contributed by atoms with Crippen molar-refractivity contribution < 1.29 is 43.0 Å². The largest absolute Gasteiger partial charge is 0.493 e. The van der Waals surface area contributed by atoms with Gasteiger partial charge in [0.15, 0.2) is 11.5 Å². The van der Waals surface area contributed by atoms with Gasteiger partial charge in [-0.15, -0.1) is 0 Å². The Morgan fingerprint density at radius 2 is 1.87 bits per heavy atom. The Morgan fingerprint density at radius 3 is 2.53 bits per heavy atom. The number of nitrogens with zero attached hydrogens (tertiary/aromatic N) is 5. The minimum absolute atomic E-state index is 0.0257. The van der Waals surface area contributed by atoms with Crippen LogP contribution in [0.4, 0.5) is 4.79 Å². The van der Waals surface area contributed by atoms with Crippen molar-refractivity contribution in [2.24, 2.45) is 5.92 Å². The molecule has 1 aromatic carbocycles. The first kappa shape index (κ1) is 34.3. The molecule has 0 unspecified atom stereocenters. The third-order valence-corrected chi connectivity index (χ3v) is 9.09. The smallest absolute Gasteiger partial charge is 0.326 e. The Balaban J connectivity index is 1.61. The number of carboxylic acid groups (broad SMARTS) is 1. The topological polar surface area (TPSA) is 129 Å². The molecule has 0 saturated carbocycles. The number of hydrogen-bond donors (Lipinski definition) is 1. The second-order valence-electron chi connectivity index (χ2n) is 13.3. The minimum Gasteiger partial charge on any atom is -0.493 e. The molecule has 2 saturated heterocycles. The summed E-state index contributed by atoms with van der Waals surface area (Å²) in [6, 6.07) is 2.69. The van der Waals surface area contributed by atoms with Gasteiger partial charge in [-0.05, 0) is 30.5 Å². The molecule has 0 spiro atoms. The van der Waals surface area contributed by atoms with E-state index in [0.717, 1.165) is 40.8 Å². The zero-order valence-corrected chi connectivity index (χ0v) is 27.6. The summed E-state index contributed by atoms with van der Waals surface area (Å²) in [5.74, 6) is -1.11. The highest BCUT2D eigenvalue weighted by atomic mass is 16.7. The van der Waals surface area contributed by atoms with E-state index in [1.165, 1.54) is 14.2 Å². The molecule has 0 aromatic heterocycles. The van der Waals surface area contributed by atoms with Crippen molar-refractivity contribution >= 4 is 23.8 Å². The maximum atomic E-state index is 13.9. The molecule has 2 fully saturated rings. The second kappa shape index (κ2) is 14.7. The van der Waals surface area contributed by atoms with Gasteiger partial charge in [-0.25, -0.2) is 4.79 Å². The maximum Gasteiger partial charge on any atom is 0.326 e. The number of carboxylic acids is 1. The number of benzene rings is 1. The number of likely N-dealkylation sites (tertiary alicyclic amines) is 1. The average Bonchev–Trinajstić information content (AvgIpc) is 3.61. The lowest BCUT2D eigenvalue weighted by molar-refractivity contribution is -0.870. The van der Waals surface area contributed by atoms with Gasteiger partial charge in [0.25, 0.3) is 0 Å². The Labute approximate surface area is 266 Å². The van der Waals surface area contributed by atoms with Crippen molar-refractivity contribution in [3.05, 3.63) is 17.7 Å². The van der Waals surface area contributed by atoms with Crippen LogP contribution in [0.25, 0.3) is 0 Å². The summed E-state index contributed by atoms with van der Waals surface area (Å²) < 4.78 is 17.6. The van der Waals surface area contributed by atoms with Gasteiger partial charge in [-0.2, -0.15) is 0 Å². The first-order valence-corrected chi connectivity index (χ1v) is 15.9. The lowest BCUT2D eigenvalue weighted by Gasteiger charge is -2.35. The highest BCUT2D eigenvalue weighted by Gasteiger charge is 2.48. The normalized spacial score (nSPS) is 21.9. The van der Waals surface area contributed by atoms with E-state index in [-0.39, 0.29) is 44.7 Å². The average molecular weight is 633 g/mol. The summed E-state index contributed by atoms with van der Waals surface area (Å²) in [6.45, 7) is 5.34. The third-order valence-electron chi connectivity index (χ3n) is 9.09. The number of urea groups is 1. The number of unbranched alkanes of at least 4 members (excludes halogenated alkanes) is 1. The predicted molar refractivity (Wildman–Crippen MR) is 166 cm³/mol. The van der Waals surface area contributed by atoms with E-state index in [1.54, 1.807) is 17.0 Å². The Morgan fingerprint density at radius 1 is 1.13 bits per heavy atom. The van der Waals surface area contributed by atoms with Gasteiger partial charge < -0.3 is 33.6 Å². The predicted octanol–water partition coefficient (Wildman–Crippen LogP) is 2.29. The quantitative estimate of drug-likeness (QED) is 0.290. The maximum absolute atomic E-state index is 13.9. The number of carbonyl (C=O) groups excluding carboxylic acids is 3. The molecule has 13 heteroatoms. The molecule has 4 rings (SSSR count). The third kappa shape index (κ3) is 8.18. The van der Waals surface area contributed by atoms with Crippen LogP contribution in [0.2, 0.25) is 0 Å². The van der Waals surface area contributed by atoms with Crippen LogP contribution in [0.5, 0.6) is 17.2 Å². The fraction of sp³-hybridized carbons (Fsp3) is 0.688. The SMILES string of the molecule is CCCCN(CCC[N+](C)(C)C)C(=O)CN1C[C@H](c2cc(OC)c3c(c2)OCO3)[C@@H](C(=O)O)[C@@H]1CCN1CCC(=O)N(C)C1=O. The fourth-order valence-electron chi connectivity index (χ4n) is 6.58. The van der Waals surface area contributed by atoms with Gasteiger partial charge >= 0.3 is 12.0 Å². The number of fused-ring (bicyclic) bond motifs is 1. The Kier molecular flexibility index (Phi) is 11.2. The van der Waals surface area contributed by atoms with E-state index < -0.39 is 29.9 Å². The number of ether oxygens (including phenoxy) is 3. The monoisotopic (exact) mass is 632 g/mol. The number of amides is 4. The van der Waals surface area contributed by atoms with Crippen molar-refractivity contribution in [3.8, 4) is 17.2 Å². The van der Waals surface area contributed by atoms with Gasteiger partial charge in [0.05, 0.1) is 47.3 Å². The number of rotatable bonds is 15. The van der Waals surface area contributed by atoms with Crippen LogP contribution >= 0.6 is 0 Å². The Bertz CT molecular complexity index is 1250. The van der Waals surface area contributed by atoms with Crippen LogP contribution in [-0.2, 0) is 14.4 Å². The summed E-state index contributed by atoms with van der Waals surface area (Å²) in [6.07, 6.45) is 3.27. The van der Waals surface area contributed by atoms with Crippen molar-refractivity contribution in [1.29, 1.82) is 0 Å². The van der Waals surface area contributed by atoms with E-state index >= 15 is 0 Å². The van der Waals surface area contributed by atoms with E-state index in [9.17, 15) is 24.3 Å². The lowest BCUT2D eigenvalue weighted by Crippen LogP contribution is -2.52.